The average molecular weight is 525 g/mol. The zero-order valence-corrected chi connectivity index (χ0v) is 23.1. The van der Waals surface area contributed by atoms with Crippen molar-refractivity contribution in [2.45, 2.75) is 19.3 Å². The highest BCUT2D eigenvalue weighted by Crippen LogP contribution is 2.50. The Bertz CT molecular complexity index is 2330. The highest BCUT2D eigenvalue weighted by molar-refractivity contribution is 6.23. The smallest absolute Gasteiger partial charge is 0.0788 e. The standard InChI is InChI=1S/C39H28N2/c1-39(2)33-17-9-6-14-27(33)28-21-20-26(24-34(28)39)41-36-19-11-8-16-30(36)32-23-22-31-29-15-7-10-18-35(29)40(37(31)38(32)41)25-12-4-3-5-13-25/h3-24H,1-2H3. The number of hydrogen-bond acceptors (Lipinski definition) is 0. The van der Waals surface area contributed by atoms with Crippen molar-refractivity contribution >= 4 is 43.6 Å². The molecule has 0 bridgehead atoms. The number of nitrogens with zero attached hydrogens (tertiary/aromatic N) is 2. The number of rotatable bonds is 2. The lowest BCUT2D eigenvalue weighted by Crippen LogP contribution is -2.15. The SMILES string of the molecule is CC1(C)c2ccccc2-c2ccc(-n3c4ccccc4c4ccc5c6ccccc6n(-c6ccccc6)c5c43)cc21. The van der Waals surface area contributed by atoms with Crippen LogP contribution < -0.4 is 0 Å². The maximum Gasteiger partial charge on any atom is 0.0788 e. The van der Waals surface area contributed by atoms with E-state index in [-0.39, 0.29) is 5.41 Å². The van der Waals surface area contributed by atoms with E-state index in [0.29, 0.717) is 0 Å². The van der Waals surface area contributed by atoms with E-state index < -0.39 is 0 Å². The Morgan fingerprint density at radius 1 is 0.415 bits per heavy atom. The molecule has 0 aliphatic heterocycles. The lowest BCUT2D eigenvalue weighted by atomic mass is 9.82. The fourth-order valence-corrected chi connectivity index (χ4v) is 7.45. The van der Waals surface area contributed by atoms with Gasteiger partial charge in [0.1, 0.15) is 0 Å². The minimum Gasteiger partial charge on any atom is -0.307 e. The van der Waals surface area contributed by atoms with E-state index in [4.69, 9.17) is 0 Å². The van der Waals surface area contributed by atoms with Crippen molar-refractivity contribution in [2.24, 2.45) is 0 Å². The number of aromatic nitrogens is 2. The van der Waals surface area contributed by atoms with Crippen LogP contribution in [-0.4, -0.2) is 9.13 Å². The minimum atomic E-state index is -0.0606. The predicted molar refractivity (Wildman–Crippen MR) is 173 cm³/mol. The predicted octanol–water partition coefficient (Wildman–Crippen LogP) is 10.2. The Labute approximate surface area is 238 Å². The molecule has 2 heteroatoms. The van der Waals surface area contributed by atoms with Crippen molar-refractivity contribution < 1.29 is 0 Å². The van der Waals surface area contributed by atoms with Crippen LogP contribution in [0, 0.1) is 0 Å². The highest BCUT2D eigenvalue weighted by atomic mass is 15.0. The molecular formula is C39H28N2. The van der Waals surface area contributed by atoms with E-state index >= 15 is 0 Å². The van der Waals surface area contributed by atoms with Crippen LogP contribution in [0.15, 0.2) is 133 Å². The summed E-state index contributed by atoms with van der Waals surface area (Å²) in [4.78, 5) is 0. The molecule has 0 unspecified atom stereocenters. The van der Waals surface area contributed by atoms with Gasteiger partial charge < -0.3 is 9.13 Å². The molecule has 1 aliphatic rings. The van der Waals surface area contributed by atoms with Gasteiger partial charge in [0.05, 0.1) is 22.1 Å². The van der Waals surface area contributed by atoms with E-state index in [0.717, 1.165) is 0 Å². The third-order valence-electron chi connectivity index (χ3n) is 9.31. The molecule has 41 heavy (non-hydrogen) atoms. The summed E-state index contributed by atoms with van der Waals surface area (Å²) in [5, 5.41) is 5.10. The first-order valence-corrected chi connectivity index (χ1v) is 14.4. The van der Waals surface area contributed by atoms with E-state index in [1.165, 1.54) is 77.2 Å². The highest BCUT2D eigenvalue weighted by Gasteiger charge is 2.35. The normalized spacial score (nSPS) is 13.8. The molecule has 0 spiro atoms. The van der Waals surface area contributed by atoms with Crippen LogP contribution in [0.1, 0.15) is 25.0 Å². The van der Waals surface area contributed by atoms with E-state index in [1.54, 1.807) is 0 Å². The quantitative estimate of drug-likeness (QED) is 0.213. The molecule has 1 aliphatic carbocycles. The second-order valence-electron chi connectivity index (χ2n) is 11.8. The summed E-state index contributed by atoms with van der Waals surface area (Å²) in [5.74, 6) is 0. The van der Waals surface area contributed by atoms with Crippen molar-refractivity contribution in [3.8, 4) is 22.5 Å². The van der Waals surface area contributed by atoms with Crippen LogP contribution in [0.5, 0.6) is 0 Å². The molecule has 0 saturated carbocycles. The van der Waals surface area contributed by atoms with Crippen LogP contribution in [0.25, 0.3) is 66.1 Å². The maximum absolute atomic E-state index is 2.50. The Hall–Kier alpha value is -5.08. The Morgan fingerprint density at radius 3 is 1.63 bits per heavy atom. The van der Waals surface area contributed by atoms with Gasteiger partial charge in [-0.1, -0.05) is 111 Å². The molecule has 0 fully saturated rings. The van der Waals surface area contributed by atoms with E-state index in [9.17, 15) is 0 Å². The van der Waals surface area contributed by atoms with Gasteiger partial charge >= 0.3 is 0 Å². The van der Waals surface area contributed by atoms with Gasteiger partial charge in [0.2, 0.25) is 0 Å². The van der Waals surface area contributed by atoms with Crippen molar-refractivity contribution in [1.82, 2.24) is 9.13 Å². The molecule has 8 aromatic rings. The molecule has 194 valence electrons. The average Bonchev–Trinajstić information content (AvgIpc) is 3.61. The number of para-hydroxylation sites is 3. The maximum atomic E-state index is 2.50. The summed E-state index contributed by atoms with van der Waals surface area (Å²) < 4.78 is 4.96. The van der Waals surface area contributed by atoms with Gasteiger partial charge in [0.15, 0.2) is 0 Å². The molecule has 6 aromatic carbocycles. The monoisotopic (exact) mass is 524 g/mol. The van der Waals surface area contributed by atoms with Crippen LogP contribution in [0.3, 0.4) is 0 Å². The lowest BCUT2D eigenvalue weighted by molar-refractivity contribution is 0.660. The summed E-state index contributed by atoms with van der Waals surface area (Å²) in [6.07, 6.45) is 0. The largest absolute Gasteiger partial charge is 0.307 e. The van der Waals surface area contributed by atoms with Crippen LogP contribution in [0.4, 0.5) is 0 Å². The summed E-state index contributed by atoms with van der Waals surface area (Å²) >= 11 is 0. The molecule has 0 radical (unpaired) electrons. The molecule has 0 saturated heterocycles. The third-order valence-corrected chi connectivity index (χ3v) is 9.31. The summed E-state index contributed by atoms with van der Waals surface area (Å²) in [5.41, 5.74) is 12.8. The van der Waals surface area contributed by atoms with Crippen LogP contribution in [-0.2, 0) is 5.41 Å². The van der Waals surface area contributed by atoms with Crippen LogP contribution in [0.2, 0.25) is 0 Å². The Morgan fingerprint density at radius 2 is 0.951 bits per heavy atom. The van der Waals surface area contributed by atoms with E-state index in [1.807, 2.05) is 0 Å². The molecule has 0 N–H and O–H groups in total. The van der Waals surface area contributed by atoms with Gasteiger partial charge in [-0.3, -0.25) is 0 Å². The van der Waals surface area contributed by atoms with Gasteiger partial charge in [-0.2, -0.15) is 0 Å². The molecule has 2 heterocycles. The van der Waals surface area contributed by atoms with Crippen molar-refractivity contribution in [3.05, 3.63) is 145 Å². The Kier molecular flexibility index (Phi) is 4.42. The van der Waals surface area contributed by atoms with Crippen molar-refractivity contribution in [1.29, 1.82) is 0 Å². The molecule has 2 nitrogen and oxygen atoms in total. The molecule has 2 aromatic heterocycles. The van der Waals surface area contributed by atoms with Gasteiger partial charge in [-0.05, 0) is 58.7 Å². The number of fused-ring (bicyclic) bond motifs is 10. The minimum absolute atomic E-state index is 0.0606. The second-order valence-corrected chi connectivity index (χ2v) is 11.8. The van der Waals surface area contributed by atoms with Gasteiger partial charge in [0.25, 0.3) is 0 Å². The lowest BCUT2D eigenvalue weighted by Gasteiger charge is -2.22. The first kappa shape index (κ1) is 22.7. The Balaban J connectivity index is 1.46. The van der Waals surface area contributed by atoms with Crippen molar-refractivity contribution in [3.63, 3.8) is 0 Å². The summed E-state index contributed by atoms with van der Waals surface area (Å²) in [6, 6.07) is 49.1. The summed E-state index contributed by atoms with van der Waals surface area (Å²) in [6.45, 7) is 4.72. The zero-order chi connectivity index (χ0) is 27.3. The first-order valence-electron chi connectivity index (χ1n) is 14.4. The zero-order valence-electron chi connectivity index (χ0n) is 23.1. The first-order chi connectivity index (χ1) is 20.1. The van der Waals surface area contributed by atoms with Crippen LogP contribution >= 0.6 is 0 Å². The number of hydrogen-bond donors (Lipinski definition) is 0. The topological polar surface area (TPSA) is 9.86 Å². The molecule has 9 rings (SSSR count). The molecule has 0 amide bonds. The van der Waals surface area contributed by atoms with Gasteiger partial charge in [-0.25, -0.2) is 0 Å². The summed E-state index contributed by atoms with van der Waals surface area (Å²) in [7, 11) is 0. The van der Waals surface area contributed by atoms with Gasteiger partial charge in [0, 0.05) is 38.3 Å². The molecule has 0 atom stereocenters. The van der Waals surface area contributed by atoms with Gasteiger partial charge in [-0.15, -0.1) is 0 Å². The fourth-order valence-electron chi connectivity index (χ4n) is 7.45. The van der Waals surface area contributed by atoms with Crippen molar-refractivity contribution in [2.75, 3.05) is 0 Å². The third kappa shape index (κ3) is 2.92. The molecular weight excluding hydrogens is 496 g/mol. The fraction of sp³-hybridized carbons (Fsp3) is 0.0769. The number of benzene rings is 6. The van der Waals surface area contributed by atoms with E-state index in [2.05, 4.69) is 156 Å². The second kappa shape index (κ2) is 7.99.